The Morgan fingerprint density at radius 1 is 0.844 bits per heavy atom. The van der Waals surface area contributed by atoms with Crippen LogP contribution in [0, 0.1) is 13.8 Å². The van der Waals surface area contributed by atoms with Crippen molar-refractivity contribution in [1.82, 2.24) is 24.3 Å². The van der Waals surface area contributed by atoms with Gasteiger partial charge in [0.15, 0.2) is 5.65 Å². The van der Waals surface area contributed by atoms with Crippen molar-refractivity contribution in [2.45, 2.75) is 33.1 Å². The Morgan fingerprint density at radius 2 is 1.69 bits per heavy atom. The molecule has 32 heavy (non-hydrogen) atoms. The van der Waals surface area contributed by atoms with Crippen molar-refractivity contribution in [2.75, 3.05) is 0 Å². The number of imidazole rings is 1. The number of hydrogen-bond donors (Lipinski definition) is 0. The second kappa shape index (κ2) is 8.35. The summed E-state index contributed by atoms with van der Waals surface area (Å²) in [5.74, 6) is 0.269. The smallest absolute Gasteiger partial charge is 0.159 e. The largest absolute Gasteiger partial charge is 0.297 e. The molecule has 0 aliphatic carbocycles. The standard InChI is InChI=1S/C27H25N5/c1-18(23-13-19(2)26(30-16-23)22-9-10-28-20(3)15-22)14-24-27-31-17-25(32(27)12-11-29-24)21-7-5-4-6-8-21/h4-13,15-18H,14H2,1-3H3. The Balaban J connectivity index is 1.43. The molecule has 0 aliphatic rings. The van der Waals surface area contributed by atoms with Crippen LogP contribution in [0.2, 0.25) is 0 Å². The molecular formula is C27H25N5. The van der Waals surface area contributed by atoms with Gasteiger partial charge in [0.05, 0.1) is 23.3 Å². The van der Waals surface area contributed by atoms with Crippen LogP contribution >= 0.6 is 0 Å². The molecule has 1 aromatic carbocycles. The molecule has 158 valence electrons. The highest BCUT2D eigenvalue weighted by molar-refractivity contribution is 5.65. The molecule has 0 radical (unpaired) electrons. The van der Waals surface area contributed by atoms with Crippen LogP contribution in [-0.2, 0) is 6.42 Å². The molecule has 5 heteroatoms. The molecule has 5 aromatic rings. The zero-order valence-corrected chi connectivity index (χ0v) is 18.5. The molecule has 4 aromatic heterocycles. The van der Waals surface area contributed by atoms with Gasteiger partial charge in [-0.05, 0) is 43.0 Å². The first kappa shape index (κ1) is 20.1. The van der Waals surface area contributed by atoms with Gasteiger partial charge in [-0.2, -0.15) is 0 Å². The van der Waals surface area contributed by atoms with E-state index in [-0.39, 0.29) is 5.92 Å². The minimum atomic E-state index is 0.269. The lowest BCUT2D eigenvalue weighted by Gasteiger charge is -2.14. The lowest BCUT2D eigenvalue weighted by atomic mass is 9.95. The zero-order valence-electron chi connectivity index (χ0n) is 18.5. The third kappa shape index (κ3) is 3.78. The SMILES string of the molecule is Cc1cc(-c2ncc(C(C)Cc3nccn4c(-c5ccccc5)cnc34)cc2C)ccn1. The molecule has 0 aliphatic heterocycles. The van der Waals surface area contributed by atoms with Crippen LogP contribution in [0.5, 0.6) is 0 Å². The summed E-state index contributed by atoms with van der Waals surface area (Å²) in [6, 6.07) is 16.7. The minimum Gasteiger partial charge on any atom is -0.297 e. The maximum Gasteiger partial charge on any atom is 0.159 e. The molecule has 0 fully saturated rings. The molecule has 0 spiro atoms. The van der Waals surface area contributed by atoms with Crippen LogP contribution < -0.4 is 0 Å². The van der Waals surface area contributed by atoms with Gasteiger partial charge in [-0.3, -0.25) is 19.4 Å². The normalized spacial score (nSPS) is 12.2. The highest BCUT2D eigenvalue weighted by atomic mass is 15.0. The maximum atomic E-state index is 4.79. The van der Waals surface area contributed by atoms with Crippen LogP contribution in [0.4, 0.5) is 0 Å². The summed E-state index contributed by atoms with van der Waals surface area (Å²) in [5, 5.41) is 0. The van der Waals surface area contributed by atoms with Gasteiger partial charge in [-0.1, -0.05) is 43.3 Å². The fourth-order valence-corrected chi connectivity index (χ4v) is 4.21. The maximum absolute atomic E-state index is 4.79. The summed E-state index contributed by atoms with van der Waals surface area (Å²) in [5.41, 5.74) is 9.60. The molecule has 5 rings (SSSR count). The predicted molar refractivity (Wildman–Crippen MR) is 127 cm³/mol. The van der Waals surface area contributed by atoms with Gasteiger partial charge in [0.25, 0.3) is 0 Å². The number of aromatic nitrogens is 5. The first-order valence-electron chi connectivity index (χ1n) is 10.9. The molecule has 1 atom stereocenters. The lowest BCUT2D eigenvalue weighted by molar-refractivity contribution is 0.735. The summed E-state index contributed by atoms with van der Waals surface area (Å²) in [6.07, 6.45) is 10.4. The highest BCUT2D eigenvalue weighted by Gasteiger charge is 2.15. The van der Waals surface area contributed by atoms with Gasteiger partial charge >= 0.3 is 0 Å². The topological polar surface area (TPSA) is 56.0 Å². The first-order valence-corrected chi connectivity index (χ1v) is 10.9. The summed E-state index contributed by atoms with van der Waals surface area (Å²) in [7, 11) is 0. The average molecular weight is 420 g/mol. The van der Waals surface area contributed by atoms with Crippen LogP contribution in [0.15, 0.2) is 79.5 Å². The van der Waals surface area contributed by atoms with E-state index in [1.54, 1.807) is 0 Å². The number of hydrogen-bond acceptors (Lipinski definition) is 4. The van der Waals surface area contributed by atoms with Gasteiger partial charge in [0, 0.05) is 48.0 Å². The summed E-state index contributed by atoms with van der Waals surface area (Å²) in [4.78, 5) is 18.4. The molecular weight excluding hydrogens is 394 g/mol. The zero-order chi connectivity index (χ0) is 22.1. The fraction of sp³-hybridized carbons (Fsp3) is 0.185. The number of nitrogens with zero attached hydrogens (tertiary/aromatic N) is 5. The van der Waals surface area contributed by atoms with E-state index in [9.17, 15) is 0 Å². The van der Waals surface area contributed by atoms with Crippen LogP contribution in [0.3, 0.4) is 0 Å². The van der Waals surface area contributed by atoms with Crippen LogP contribution in [0.25, 0.3) is 28.2 Å². The molecule has 0 N–H and O–H groups in total. The fourth-order valence-electron chi connectivity index (χ4n) is 4.21. The van der Waals surface area contributed by atoms with E-state index in [0.29, 0.717) is 0 Å². The molecule has 0 bridgehead atoms. The monoisotopic (exact) mass is 419 g/mol. The second-order valence-electron chi connectivity index (χ2n) is 8.30. The summed E-state index contributed by atoms with van der Waals surface area (Å²) in [6.45, 7) is 6.34. The van der Waals surface area contributed by atoms with E-state index in [2.05, 4.69) is 52.5 Å². The number of aryl methyl sites for hydroxylation is 2. The number of pyridine rings is 2. The molecule has 5 nitrogen and oxygen atoms in total. The Hall–Kier alpha value is -3.86. The third-order valence-corrected chi connectivity index (χ3v) is 5.91. The van der Waals surface area contributed by atoms with Gasteiger partial charge in [0.1, 0.15) is 0 Å². The number of fused-ring (bicyclic) bond motifs is 1. The molecule has 4 heterocycles. The number of rotatable bonds is 5. The van der Waals surface area contributed by atoms with Gasteiger partial charge in [-0.15, -0.1) is 0 Å². The lowest BCUT2D eigenvalue weighted by Crippen LogP contribution is -2.05. The summed E-state index contributed by atoms with van der Waals surface area (Å²) >= 11 is 0. The molecule has 0 saturated carbocycles. The van der Waals surface area contributed by atoms with E-state index in [1.807, 2.05) is 62.2 Å². The van der Waals surface area contributed by atoms with Crippen molar-refractivity contribution in [1.29, 1.82) is 0 Å². The van der Waals surface area contributed by atoms with Crippen molar-refractivity contribution in [2.24, 2.45) is 0 Å². The summed E-state index contributed by atoms with van der Waals surface area (Å²) < 4.78 is 2.13. The predicted octanol–water partition coefficient (Wildman–Crippen LogP) is 5.82. The second-order valence-corrected chi connectivity index (χ2v) is 8.30. The van der Waals surface area contributed by atoms with Gasteiger partial charge in [0.2, 0.25) is 0 Å². The van der Waals surface area contributed by atoms with Crippen molar-refractivity contribution in [3.8, 4) is 22.5 Å². The molecule has 0 amide bonds. The van der Waals surface area contributed by atoms with E-state index in [4.69, 9.17) is 9.97 Å². The van der Waals surface area contributed by atoms with E-state index in [1.165, 1.54) is 11.1 Å². The molecule has 1 unspecified atom stereocenters. The quantitative estimate of drug-likeness (QED) is 0.360. The molecule has 0 saturated heterocycles. The average Bonchev–Trinajstić information content (AvgIpc) is 3.25. The Bertz CT molecular complexity index is 1390. The minimum absolute atomic E-state index is 0.269. The van der Waals surface area contributed by atoms with Crippen molar-refractivity contribution in [3.63, 3.8) is 0 Å². The Morgan fingerprint density at radius 3 is 2.47 bits per heavy atom. The first-order chi connectivity index (χ1) is 15.6. The van der Waals surface area contributed by atoms with E-state index >= 15 is 0 Å². The van der Waals surface area contributed by atoms with Crippen molar-refractivity contribution in [3.05, 3.63) is 102 Å². The van der Waals surface area contributed by atoms with Gasteiger partial charge < -0.3 is 0 Å². The van der Waals surface area contributed by atoms with Gasteiger partial charge in [-0.25, -0.2) is 4.98 Å². The van der Waals surface area contributed by atoms with Crippen LogP contribution in [-0.4, -0.2) is 24.3 Å². The van der Waals surface area contributed by atoms with E-state index in [0.717, 1.165) is 46.0 Å². The number of benzene rings is 1. The third-order valence-electron chi connectivity index (χ3n) is 5.91. The van der Waals surface area contributed by atoms with Crippen molar-refractivity contribution < 1.29 is 0 Å². The Labute approximate surface area is 187 Å². The van der Waals surface area contributed by atoms with Crippen molar-refractivity contribution >= 4 is 5.65 Å². The van der Waals surface area contributed by atoms with E-state index < -0.39 is 0 Å². The Kier molecular flexibility index (Phi) is 5.23. The van der Waals surface area contributed by atoms with Crippen LogP contribution in [0.1, 0.15) is 35.4 Å². The highest BCUT2D eigenvalue weighted by Crippen LogP contribution is 2.28.